The average Bonchev–Trinajstić information content (AvgIpc) is 2.36. The van der Waals surface area contributed by atoms with Gasteiger partial charge in [0.1, 0.15) is 21.7 Å². The molecule has 0 aliphatic rings. The van der Waals surface area contributed by atoms with Crippen molar-refractivity contribution in [2.24, 2.45) is 0 Å². The van der Waals surface area contributed by atoms with Crippen LogP contribution in [0.5, 0.6) is 0 Å². The SMILES string of the molecule is Cc1c(N)nc(C(C)(C)C)nc1Sc1ncccc1Br. The number of halogens is 1. The lowest BCUT2D eigenvalue weighted by atomic mass is 9.95. The number of pyridine rings is 1. The molecule has 20 heavy (non-hydrogen) atoms. The van der Waals surface area contributed by atoms with Crippen LogP contribution in [0.15, 0.2) is 32.9 Å². The molecule has 0 aliphatic carbocycles. The quantitative estimate of drug-likeness (QED) is 0.828. The summed E-state index contributed by atoms with van der Waals surface area (Å²) in [5.74, 6) is 1.27. The Morgan fingerprint density at radius 3 is 2.50 bits per heavy atom. The van der Waals surface area contributed by atoms with E-state index in [9.17, 15) is 0 Å². The first-order valence-electron chi connectivity index (χ1n) is 6.22. The summed E-state index contributed by atoms with van der Waals surface area (Å²) < 4.78 is 0.943. The second kappa shape index (κ2) is 5.69. The Hall–Kier alpha value is -1.14. The summed E-state index contributed by atoms with van der Waals surface area (Å²) in [6.07, 6.45) is 1.76. The summed E-state index contributed by atoms with van der Waals surface area (Å²) in [5, 5.41) is 1.72. The number of aromatic nitrogens is 3. The predicted molar refractivity (Wildman–Crippen MR) is 85.9 cm³/mol. The minimum absolute atomic E-state index is 0.140. The van der Waals surface area contributed by atoms with E-state index in [1.54, 1.807) is 6.20 Å². The number of rotatable bonds is 2. The number of nitrogen functional groups attached to an aromatic ring is 1. The fourth-order valence-electron chi connectivity index (χ4n) is 1.49. The van der Waals surface area contributed by atoms with Gasteiger partial charge in [0.25, 0.3) is 0 Å². The molecular weight excluding hydrogens is 336 g/mol. The van der Waals surface area contributed by atoms with E-state index in [1.807, 2.05) is 19.1 Å². The van der Waals surface area contributed by atoms with Crippen LogP contribution in [-0.4, -0.2) is 15.0 Å². The molecule has 6 heteroatoms. The number of hydrogen-bond acceptors (Lipinski definition) is 5. The van der Waals surface area contributed by atoms with Crippen molar-refractivity contribution in [3.8, 4) is 0 Å². The first-order valence-corrected chi connectivity index (χ1v) is 7.83. The van der Waals surface area contributed by atoms with Crippen LogP contribution in [-0.2, 0) is 5.41 Å². The zero-order valence-electron chi connectivity index (χ0n) is 11.9. The maximum absolute atomic E-state index is 6.01. The lowest BCUT2D eigenvalue weighted by Gasteiger charge is -2.19. The van der Waals surface area contributed by atoms with Gasteiger partial charge in [-0.25, -0.2) is 15.0 Å². The van der Waals surface area contributed by atoms with Gasteiger partial charge in [-0.05, 0) is 46.7 Å². The summed E-state index contributed by atoms with van der Waals surface area (Å²) >= 11 is 4.99. The van der Waals surface area contributed by atoms with Crippen molar-refractivity contribution in [1.29, 1.82) is 0 Å². The van der Waals surface area contributed by atoms with Gasteiger partial charge in [-0.2, -0.15) is 0 Å². The smallest absolute Gasteiger partial charge is 0.137 e. The molecular formula is C14H17BrN4S. The Labute approximate surface area is 131 Å². The molecule has 0 aliphatic heterocycles. The maximum Gasteiger partial charge on any atom is 0.137 e. The number of anilines is 1. The van der Waals surface area contributed by atoms with Gasteiger partial charge in [0.2, 0.25) is 0 Å². The first-order chi connectivity index (χ1) is 9.29. The molecule has 2 rings (SSSR count). The molecule has 0 atom stereocenters. The van der Waals surface area contributed by atoms with E-state index in [-0.39, 0.29) is 5.41 Å². The monoisotopic (exact) mass is 352 g/mol. The van der Waals surface area contributed by atoms with Crippen LogP contribution in [0.2, 0.25) is 0 Å². The van der Waals surface area contributed by atoms with Crippen molar-refractivity contribution in [1.82, 2.24) is 15.0 Å². The maximum atomic E-state index is 6.01. The van der Waals surface area contributed by atoms with Crippen molar-refractivity contribution in [2.45, 2.75) is 43.2 Å². The number of nitrogens with zero attached hydrogens (tertiary/aromatic N) is 3. The molecule has 2 aromatic rings. The van der Waals surface area contributed by atoms with Crippen LogP contribution in [0.4, 0.5) is 5.82 Å². The van der Waals surface area contributed by atoms with Crippen molar-refractivity contribution >= 4 is 33.5 Å². The van der Waals surface area contributed by atoms with E-state index in [2.05, 4.69) is 51.7 Å². The van der Waals surface area contributed by atoms with Crippen LogP contribution >= 0.6 is 27.7 Å². The van der Waals surface area contributed by atoms with E-state index in [0.29, 0.717) is 5.82 Å². The molecule has 106 valence electrons. The molecule has 0 amide bonds. The highest BCUT2D eigenvalue weighted by molar-refractivity contribution is 9.10. The van der Waals surface area contributed by atoms with Crippen LogP contribution in [0.25, 0.3) is 0 Å². The molecule has 4 nitrogen and oxygen atoms in total. The molecule has 0 bridgehead atoms. The fourth-order valence-corrected chi connectivity index (χ4v) is 2.84. The number of nitrogens with two attached hydrogens (primary N) is 1. The first kappa shape index (κ1) is 15.3. The fraction of sp³-hybridized carbons (Fsp3) is 0.357. The molecule has 0 saturated heterocycles. The molecule has 2 N–H and O–H groups in total. The zero-order valence-corrected chi connectivity index (χ0v) is 14.3. The molecule has 0 radical (unpaired) electrons. The third kappa shape index (κ3) is 3.30. The minimum Gasteiger partial charge on any atom is -0.383 e. The van der Waals surface area contributed by atoms with Crippen molar-refractivity contribution in [3.05, 3.63) is 34.2 Å². The molecule has 0 aromatic carbocycles. The van der Waals surface area contributed by atoms with Crippen molar-refractivity contribution in [3.63, 3.8) is 0 Å². The normalized spacial score (nSPS) is 11.7. The van der Waals surface area contributed by atoms with Gasteiger partial charge in [0.15, 0.2) is 0 Å². The molecule has 0 saturated carbocycles. The van der Waals surface area contributed by atoms with Crippen molar-refractivity contribution < 1.29 is 0 Å². The molecule has 0 spiro atoms. The standard InChI is InChI=1S/C14H17BrN4S/c1-8-10(16)18-13(14(2,3)4)19-11(8)20-12-9(15)6-5-7-17-12/h5-7H,1-4H3,(H2,16,18,19). The topological polar surface area (TPSA) is 64.7 Å². The van der Waals surface area contributed by atoms with Crippen LogP contribution < -0.4 is 5.73 Å². The highest BCUT2D eigenvalue weighted by atomic mass is 79.9. The van der Waals surface area contributed by atoms with Crippen LogP contribution in [0.1, 0.15) is 32.2 Å². The van der Waals surface area contributed by atoms with Gasteiger partial charge < -0.3 is 5.73 Å². The molecule has 0 unspecified atom stereocenters. The van der Waals surface area contributed by atoms with E-state index in [4.69, 9.17) is 5.73 Å². The lowest BCUT2D eigenvalue weighted by molar-refractivity contribution is 0.538. The molecule has 0 fully saturated rings. The second-order valence-electron chi connectivity index (χ2n) is 5.51. The average molecular weight is 353 g/mol. The van der Waals surface area contributed by atoms with Crippen LogP contribution in [0, 0.1) is 6.92 Å². The highest BCUT2D eigenvalue weighted by Crippen LogP contribution is 2.34. The van der Waals surface area contributed by atoms with Crippen LogP contribution in [0.3, 0.4) is 0 Å². The Kier molecular flexibility index (Phi) is 4.34. The second-order valence-corrected chi connectivity index (χ2v) is 7.34. The van der Waals surface area contributed by atoms with Gasteiger partial charge in [0.05, 0.1) is 4.47 Å². The molecule has 2 heterocycles. The summed E-state index contributed by atoms with van der Waals surface area (Å²) in [7, 11) is 0. The summed E-state index contributed by atoms with van der Waals surface area (Å²) in [6.45, 7) is 8.15. The summed E-state index contributed by atoms with van der Waals surface area (Å²) in [5.41, 5.74) is 6.76. The Morgan fingerprint density at radius 1 is 1.20 bits per heavy atom. The molecule has 2 aromatic heterocycles. The lowest BCUT2D eigenvalue weighted by Crippen LogP contribution is -2.18. The third-order valence-corrected chi connectivity index (χ3v) is 4.74. The van der Waals surface area contributed by atoms with Gasteiger partial charge in [-0.1, -0.05) is 20.8 Å². The third-order valence-electron chi connectivity index (χ3n) is 2.73. The summed E-state index contributed by atoms with van der Waals surface area (Å²) in [4.78, 5) is 13.4. The predicted octanol–water partition coefficient (Wildman–Crippen LogP) is 3.97. The highest BCUT2D eigenvalue weighted by Gasteiger charge is 2.21. The van der Waals surface area contributed by atoms with Gasteiger partial charge in [0, 0.05) is 17.2 Å². The van der Waals surface area contributed by atoms with Gasteiger partial charge in [-0.15, -0.1) is 0 Å². The van der Waals surface area contributed by atoms with Crippen molar-refractivity contribution in [2.75, 3.05) is 5.73 Å². The van der Waals surface area contributed by atoms with E-state index in [0.717, 1.165) is 25.9 Å². The van der Waals surface area contributed by atoms with E-state index in [1.165, 1.54) is 11.8 Å². The Balaban J connectivity index is 2.46. The summed E-state index contributed by atoms with van der Waals surface area (Å²) in [6, 6.07) is 3.84. The van der Waals surface area contributed by atoms with E-state index >= 15 is 0 Å². The number of hydrogen-bond donors (Lipinski definition) is 1. The zero-order chi connectivity index (χ0) is 14.9. The van der Waals surface area contributed by atoms with Gasteiger partial charge >= 0.3 is 0 Å². The largest absolute Gasteiger partial charge is 0.383 e. The van der Waals surface area contributed by atoms with Gasteiger partial charge in [-0.3, -0.25) is 0 Å². The Morgan fingerprint density at radius 2 is 1.90 bits per heavy atom. The Bertz CT molecular complexity index is 638. The minimum atomic E-state index is -0.140. The van der Waals surface area contributed by atoms with E-state index < -0.39 is 0 Å².